The van der Waals surface area contributed by atoms with E-state index in [1.807, 2.05) is 0 Å². The zero-order valence-corrected chi connectivity index (χ0v) is 28.8. The molecule has 0 saturated carbocycles. The molecule has 0 spiro atoms. The molecule has 1 heteroatoms. The molecule has 0 aliphatic heterocycles. The van der Waals surface area contributed by atoms with Crippen molar-refractivity contribution in [1.29, 1.82) is 0 Å². The first-order chi connectivity index (χ1) is 19.6. The summed E-state index contributed by atoms with van der Waals surface area (Å²) >= 11 is 0. The van der Waals surface area contributed by atoms with E-state index in [1.54, 1.807) is 0 Å². The lowest BCUT2D eigenvalue weighted by Crippen LogP contribution is -1.99. The van der Waals surface area contributed by atoms with Crippen LogP contribution in [0, 0.1) is 17.8 Å². The Morgan fingerprint density at radius 1 is 0.300 bits per heavy atom. The highest BCUT2D eigenvalue weighted by Gasteiger charge is 2.06. The Bertz CT molecular complexity index is 446. The molecule has 0 aromatic carbocycles. The van der Waals surface area contributed by atoms with Gasteiger partial charge >= 0.3 is 0 Å². The van der Waals surface area contributed by atoms with Crippen molar-refractivity contribution in [1.82, 2.24) is 0 Å². The molecule has 242 valence electrons. The number of aliphatic hydroxyl groups excluding tert-OH is 1. The van der Waals surface area contributed by atoms with Crippen LogP contribution in [0.5, 0.6) is 0 Å². The largest absolute Gasteiger partial charge is 0.396 e. The summed E-state index contributed by atoms with van der Waals surface area (Å²) < 4.78 is 0. The van der Waals surface area contributed by atoms with Crippen LogP contribution in [0.25, 0.3) is 0 Å². The van der Waals surface area contributed by atoms with Crippen molar-refractivity contribution in [3.8, 4) is 0 Å². The molecule has 0 saturated heterocycles. The average molecular weight is 565 g/mol. The highest BCUT2D eigenvalue weighted by Crippen LogP contribution is 2.22. The fourth-order valence-corrected chi connectivity index (χ4v) is 6.57. The zero-order valence-electron chi connectivity index (χ0n) is 28.8. The van der Waals surface area contributed by atoms with Crippen LogP contribution in [0.1, 0.15) is 227 Å². The highest BCUT2D eigenvalue weighted by molar-refractivity contribution is 4.60. The number of aliphatic hydroxyl groups is 1. The lowest BCUT2D eigenvalue weighted by Gasteiger charge is -2.14. The molecule has 0 amide bonds. The van der Waals surface area contributed by atoms with Gasteiger partial charge in [0.2, 0.25) is 0 Å². The van der Waals surface area contributed by atoms with Crippen molar-refractivity contribution in [3.05, 3.63) is 0 Å². The molecule has 3 atom stereocenters. The summed E-state index contributed by atoms with van der Waals surface area (Å²) in [5.41, 5.74) is 0. The normalized spacial score (nSPS) is 14.0. The molecule has 0 radical (unpaired) electrons. The molecule has 0 aromatic rings. The molecular formula is C39H80O. The Labute approximate surface area is 255 Å². The standard InChI is InChI=1S/C39H80O/c1-5-6-30-37(2)31-26-22-20-23-27-33-39(4)35-29-34-38(3)32-25-21-18-16-14-12-10-8-7-9-11-13-15-17-19-24-28-36-40/h37-40H,5-36H2,1-4H3. The first-order valence-corrected chi connectivity index (χ1v) is 19.2. The lowest BCUT2D eigenvalue weighted by atomic mass is 9.92. The topological polar surface area (TPSA) is 20.2 Å². The van der Waals surface area contributed by atoms with Gasteiger partial charge in [-0.25, -0.2) is 0 Å². The van der Waals surface area contributed by atoms with Crippen LogP contribution in [0.3, 0.4) is 0 Å². The third-order valence-electron chi connectivity index (χ3n) is 9.69. The molecule has 0 aliphatic carbocycles. The molecular weight excluding hydrogens is 484 g/mol. The zero-order chi connectivity index (χ0) is 29.4. The summed E-state index contributed by atoms with van der Waals surface area (Å²) in [6.07, 6.45) is 44.2. The van der Waals surface area contributed by atoms with Gasteiger partial charge in [-0.05, 0) is 24.2 Å². The van der Waals surface area contributed by atoms with E-state index in [0.717, 1.165) is 24.2 Å². The van der Waals surface area contributed by atoms with E-state index in [2.05, 4.69) is 27.7 Å². The molecule has 0 bridgehead atoms. The maximum Gasteiger partial charge on any atom is 0.0431 e. The molecule has 40 heavy (non-hydrogen) atoms. The Morgan fingerprint density at radius 3 is 0.800 bits per heavy atom. The van der Waals surface area contributed by atoms with Crippen molar-refractivity contribution in [2.45, 2.75) is 227 Å². The molecule has 0 aliphatic rings. The number of unbranched alkanes of at least 4 members (excludes halogenated alkanes) is 21. The van der Waals surface area contributed by atoms with Crippen LogP contribution >= 0.6 is 0 Å². The van der Waals surface area contributed by atoms with E-state index < -0.39 is 0 Å². The van der Waals surface area contributed by atoms with Gasteiger partial charge in [0.25, 0.3) is 0 Å². The van der Waals surface area contributed by atoms with Gasteiger partial charge < -0.3 is 5.11 Å². The van der Waals surface area contributed by atoms with E-state index in [9.17, 15) is 0 Å². The third kappa shape index (κ3) is 32.5. The van der Waals surface area contributed by atoms with E-state index in [-0.39, 0.29) is 0 Å². The van der Waals surface area contributed by atoms with Crippen LogP contribution in [0.15, 0.2) is 0 Å². The van der Waals surface area contributed by atoms with Gasteiger partial charge in [0.15, 0.2) is 0 Å². The SMILES string of the molecule is CCCCC(C)CCCCCCCC(C)CCCC(C)CCCCCCCCCCCCCCCCCCCO. The summed E-state index contributed by atoms with van der Waals surface area (Å²) in [6.45, 7) is 10.2. The number of rotatable bonds is 34. The number of hydrogen-bond donors (Lipinski definition) is 1. The van der Waals surface area contributed by atoms with Gasteiger partial charge in [-0.15, -0.1) is 0 Å². The van der Waals surface area contributed by atoms with Crippen molar-refractivity contribution < 1.29 is 5.11 Å². The monoisotopic (exact) mass is 565 g/mol. The maximum absolute atomic E-state index is 8.80. The molecule has 0 rings (SSSR count). The van der Waals surface area contributed by atoms with Crippen LogP contribution in [-0.2, 0) is 0 Å². The second-order valence-corrected chi connectivity index (χ2v) is 14.3. The van der Waals surface area contributed by atoms with Crippen molar-refractivity contribution >= 4 is 0 Å². The highest BCUT2D eigenvalue weighted by atomic mass is 16.2. The second kappa shape index (κ2) is 33.5. The summed E-state index contributed by atoms with van der Waals surface area (Å²) in [7, 11) is 0. The quantitative estimate of drug-likeness (QED) is 0.0770. The van der Waals surface area contributed by atoms with Crippen molar-refractivity contribution in [2.24, 2.45) is 17.8 Å². The van der Waals surface area contributed by atoms with Crippen LogP contribution in [-0.4, -0.2) is 11.7 Å². The summed E-state index contributed by atoms with van der Waals surface area (Å²) in [5.74, 6) is 2.84. The first kappa shape index (κ1) is 40.0. The van der Waals surface area contributed by atoms with Gasteiger partial charge in [0.1, 0.15) is 0 Å². The fraction of sp³-hybridized carbons (Fsp3) is 1.00. The van der Waals surface area contributed by atoms with Gasteiger partial charge in [0.05, 0.1) is 0 Å². The van der Waals surface area contributed by atoms with Crippen LogP contribution in [0.2, 0.25) is 0 Å². The second-order valence-electron chi connectivity index (χ2n) is 14.3. The first-order valence-electron chi connectivity index (χ1n) is 19.2. The minimum Gasteiger partial charge on any atom is -0.396 e. The lowest BCUT2D eigenvalue weighted by molar-refractivity contribution is 0.282. The summed E-state index contributed by atoms with van der Waals surface area (Å²) in [6, 6.07) is 0. The minimum absolute atomic E-state index is 0.373. The summed E-state index contributed by atoms with van der Waals surface area (Å²) in [4.78, 5) is 0. The Morgan fingerprint density at radius 2 is 0.525 bits per heavy atom. The van der Waals surface area contributed by atoms with Crippen molar-refractivity contribution in [2.75, 3.05) is 6.61 Å². The Hall–Kier alpha value is -0.0400. The molecule has 0 heterocycles. The van der Waals surface area contributed by atoms with Gasteiger partial charge in [0, 0.05) is 6.61 Å². The number of hydrogen-bond acceptors (Lipinski definition) is 1. The predicted octanol–water partition coefficient (Wildman–Crippen LogP) is 14.0. The summed E-state index contributed by atoms with van der Waals surface area (Å²) in [5, 5.41) is 8.80. The predicted molar refractivity (Wildman–Crippen MR) is 183 cm³/mol. The third-order valence-corrected chi connectivity index (χ3v) is 9.69. The minimum atomic E-state index is 0.373. The molecule has 0 fully saturated rings. The van der Waals surface area contributed by atoms with Gasteiger partial charge in [-0.3, -0.25) is 0 Å². The van der Waals surface area contributed by atoms with E-state index in [0.29, 0.717) is 6.61 Å². The van der Waals surface area contributed by atoms with Crippen LogP contribution < -0.4 is 0 Å². The average Bonchev–Trinajstić information content (AvgIpc) is 2.94. The molecule has 0 aromatic heterocycles. The van der Waals surface area contributed by atoms with Crippen molar-refractivity contribution in [3.63, 3.8) is 0 Å². The van der Waals surface area contributed by atoms with E-state index >= 15 is 0 Å². The molecule has 1 nitrogen and oxygen atoms in total. The Balaban J connectivity index is 3.28. The fourth-order valence-electron chi connectivity index (χ4n) is 6.57. The maximum atomic E-state index is 8.80. The molecule has 1 N–H and O–H groups in total. The van der Waals surface area contributed by atoms with E-state index in [1.165, 1.54) is 193 Å². The van der Waals surface area contributed by atoms with E-state index in [4.69, 9.17) is 5.11 Å². The molecule has 3 unspecified atom stereocenters. The van der Waals surface area contributed by atoms with Gasteiger partial charge in [-0.1, -0.05) is 220 Å². The Kier molecular flexibility index (Phi) is 33.4. The van der Waals surface area contributed by atoms with Gasteiger partial charge in [-0.2, -0.15) is 0 Å². The van der Waals surface area contributed by atoms with Crippen LogP contribution in [0.4, 0.5) is 0 Å². The smallest absolute Gasteiger partial charge is 0.0431 e.